The fourth-order valence-corrected chi connectivity index (χ4v) is 4.93. The van der Waals surface area contributed by atoms with Crippen molar-refractivity contribution in [2.24, 2.45) is 0 Å². The molecule has 1 aromatic carbocycles. The van der Waals surface area contributed by atoms with Crippen LogP contribution >= 0.6 is 0 Å². The highest BCUT2D eigenvalue weighted by molar-refractivity contribution is 5.43. The molecule has 2 saturated heterocycles. The second-order valence-corrected chi connectivity index (χ2v) is 8.35. The van der Waals surface area contributed by atoms with Gasteiger partial charge in [-0.3, -0.25) is 9.69 Å². The van der Waals surface area contributed by atoms with Gasteiger partial charge in [0.2, 0.25) is 0 Å². The largest absolute Gasteiger partial charge is 0.493 e. The molecule has 4 rings (SSSR count). The van der Waals surface area contributed by atoms with Crippen LogP contribution in [0.5, 0.6) is 11.5 Å². The predicted molar refractivity (Wildman–Crippen MR) is 109 cm³/mol. The van der Waals surface area contributed by atoms with Crippen molar-refractivity contribution in [3.05, 3.63) is 51.9 Å². The number of aliphatic hydroxyl groups is 1. The van der Waals surface area contributed by atoms with E-state index >= 15 is 0 Å². The zero-order valence-corrected chi connectivity index (χ0v) is 17.3. The van der Waals surface area contributed by atoms with Crippen molar-refractivity contribution in [2.75, 3.05) is 14.2 Å². The minimum atomic E-state index is -0.898. The van der Waals surface area contributed by atoms with Gasteiger partial charge in [-0.1, -0.05) is 6.07 Å². The molecule has 1 aromatic heterocycles. The van der Waals surface area contributed by atoms with Crippen molar-refractivity contribution < 1.29 is 14.6 Å². The SMILES string of the molecule is COc1ccc(CN2C3CCC2CC(O)(Cn2nc(C)ccc2=O)C3)cc1OC. The maximum atomic E-state index is 12.1. The summed E-state index contributed by atoms with van der Waals surface area (Å²) in [4.78, 5) is 14.6. The predicted octanol–water partition coefficient (Wildman–Crippen LogP) is 2.13. The van der Waals surface area contributed by atoms with Crippen molar-refractivity contribution >= 4 is 0 Å². The molecule has 0 radical (unpaired) electrons. The molecule has 0 spiro atoms. The topological polar surface area (TPSA) is 76.8 Å². The molecule has 2 aliphatic heterocycles. The van der Waals surface area contributed by atoms with E-state index in [0.717, 1.165) is 36.6 Å². The van der Waals surface area contributed by atoms with Gasteiger partial charge >= 0.3 is 0 Å². The molecule has 7 nitrogen and oxygen atoms in total. The maximum absolute atomic E-state index is 12.1. The number of ether oxygens (including phenoxy) is 2. The van der Waals surface area contributed by atoms with Gasteiger partial charge in [0.05, 0.1) is 32.1 Å². The van der Waals surface area contributed by atoms with E-state index in [4.69, 9.17) is 9.47 Å². The fourth-order valence-electron chi connectivity index (χ4n) is 4.93. The molecule has 7 heteroatoms. The Bertz CT molecular complexity index is 928. The third kappa shape index (κ3) is 4.02. The van der Waals surface area contributed by atoms with E-state index in [1.54, 1.807) is 20.3 Å². The lowest BCUT2D eigenvalue weighted by Crippen LogP contribution is -2.53. The molecule has 3 heterocycles. The summed E-state index contributed by atoms with van der Waals surface area (Å²) in [5, 5.41) is 15.6. The van der Waals surface area contributed by atoms with E-state index in [0.29, 0.717) is 24.9 Å². The number of fused-ring (bicyclic) bond motifs is 2. The second-order valence-electron chi connectivity index (χ2n) is 8.35. The quantitative estimate of drug-likeness (QED) is 0.802. The van der Waals surface area contributed by atoms with Gasteiger partial charge in [0, 0.05) is 24.7 Å². The summed E-state index contributed by atoms with van der Waals surface area (Å²) in [5.41, 5.74) is 0.887. The lowest BCUT2D eigenvalue weighted by atomic mass is 9.85. The summed E-state index contributed by atoms with van der Waals surface area (Å²) >= 11 is 0. The van der Waals surface area contributed by atoms with Crippen molar-refractivity contribution in [1.82, 2.24) is 14.7 Å². The third-order valence-electron chi connectivity index (χ3n) is 6.26. The number of benzene rings is 1. The van der Waals surface area contributed by atoms with Crippen molar-refractivity contribution in [3.8, 4) is 11.5 Å². The second kappa shape index (κ2) is 7.80. The molecule has 2 aliphatic rings. The minimum Gasteiger partial charge on any atom is -0.493 e. The first-order chi connectivity index (χ1) is 13.9. The van der Waals surface area contributed by atoms with Gasteiger partial charge < -0.3 is 14.6 Å². The molecule has 156 valence electrons. The average molecular weight is 399 g/mol. The fraction of sp³-hybridized carbons (Fsp3) is 0.545. The Morgan fingerprint density at radius 3 is 2.45 bits per heavy atom. The van der Waals surface area contributed by atoms with Crippen LogP contribution < -0.4 is 15.0 Å². The summed E-state index contributed by atoms with van der Waals surface area (Å²) in [6, 6.07) is 9.85. The summed E-state index contributed by atoms with van der Waals surface area (Å²) < 4.78 is 12.2. The van der Waals surface area contributed by atoms with Crippen molar-refractivity contribution in [3.63, 3.8) is 0 Å². The Hall–Kier alpha value is -2.38. The van der Waals surface area contributed by atoms with Crippen molar-refractivity contribution in [1.29, 1.82) is 0 Å². The van der Waals surface area contributed by atoms with Gasteiger partial charge in [0.25, 0.3) is 5.56 Å². The number of aromatic nitrogens is 2. The first-order valence-electron chi connectivity index (χ1n) is 10.1. The molecule has 2 fully saturated rings. The number of rotatable bonds is 6. The number of aryl methyl sites for hydroxylation is 1. The zero-order valence-electron chi connectivity index (χ0n) is 17.3. The maximum Gasteiger partial charge on any atom is 0.266 e. The molecule has 29 heavy (non-hydrogen) atoms. The Labute approximate surface area is 170 Å². The van der Waals surface area contributed by atoms with E-state index in [-0.39, 0.29) is 12.1 Å². The highest BCUT2D eigenvalue weighted by Gasteiger charge is 2.47. The van der Waals surface area contributed by atoms with E-state index in [1.807, 2.05) is 19.1 Å². The number of methoxy groups -OCH3 is 2. The van der Waals surface area contributed by atoms with Gasteiger partial charge in [0.15, 0.2) is 11.5 Å². The highest BCUT2D eigenvalue weighted by Crippen LogP contribution is 2.42. The molecule has 0 aliphatic carbocycles. The molecular weight excluding hydrogens is 370 g/mol. The zero-order chi connectivity index (χ0) is 20.6. The molecule has 2 bridgehead atoms. The van der Waals surface area contributed by atoms with Gasteiger partial charge in [-0.25, -0.2) is 4.68 Å². The monoisotopic (exact) mass is 399 g/mol. The Morgan fingerprint density at radius 2 is 1.79 bits per heavy atom. The Morgan fingerprint density at radius 1 is 1.10 bits per heavy atom. The summed E-state index contributed by atoms with van der Waals surface area (Å²) in [6.07, 6.45) is 3.44. The summed E-state index contributed by atoms with van der Waals surface area (Å²) in [6.45, 7) is 2.93. The van der Waals surface area contributed by atoms with Gasteiger partial charge in [-0.2, -0.15) is 5.10 Å². The highest BCUT2D eigenvalue weighted by atomic mass is 16.5. The lowest BCUT2D eigenvalue weighted by molar-refractivity contribution is -0.0678. The van der Waals surface area contributed by atoms with Crippen LogP contribution in [0.25, 0.3) is 0 Å². The van der Waals surface area contributed by atoms with Gasteiger partial charge in [-0.05, 0) is 56.4 Å². The van der Waals surface area contributed by atoms with Crippen LogP contribution in [0.4, 0.5) is 0 Å². The number of nitrogens with zero attached hydrogens (tertiary/aromatic N) is 3. The molecule has 0 saturated carbocycles. The Kier molecular flexibility index (Phi) is 5.36. The van der Waals surface area contributed by atoms with Crippen LogP contribution in [-0.4, -0.2) is 51.7 Å². The average Bonchev–Trinajstić information content (AvgIpc) is 2.94. The number of piperidine rings is 1. The first kappa shape index (κ1) is 19.9. The van der Waals surface area contributed by atoms with E-state index in [9.17, 15) is 9.90 Å². The van der Waals surface area contributed by atoms with Crippen LogP contribution in [0.3, 0.4) is 0 Å². The molecule has 0 amide bonds. The van der Waals surface area contributed by atoms with Crippen LogP contribution in [0.15, 0.2) is 35.1 Å². The number of hydrogen-bond donors (Lipinski definition) is 1. The summed E-state index contributed by atoms with van der Waals surface area (Å²) in [5.74, 6) is 1.46. The van der Waals surface area contributed by atoms with E-state index in [2.05, 4.69) is 16.1 Å². The van der Waals surface area contributed by atoms with Crippen LogP contribution in [0, 0.1) is 6.92 Å². The van der Waals surface area contributed by atoms with Gasteiger partial charge in [-0.15, -0.1) is 0 Å². The molecule has 2 atom stereocenters. The third-order valence-corrected chi connectivity index (χ3v) is 6.26. The summed E-state index contributed by atoms with van der Waals surface area (Å²) in [7, 11) is 3.28. The molecule has 2 aromatic rings. The Balaban J connectivity index is 1.49. The molecule has 2 unspecified atom stereocenters. The first-order valence-corrected chi connectivity index (χ1v) is 10.1. The van der Waals surface area contributed by atoms with Crippen LogP contribution in [-0.2, 0) is 13.1 Å². The number of hydrogen-bond acceptors (Lipinski definition) is 6. The van der Waals surface area contributed by atoms with E-state index < -0.39 is 5.60 Å². The standard InChI is InChI=1S/C22H29N3O4/c1-15-4-9-21(26)25(23-15)14-22(27)11-17-6-7-18(12-22)24(17)13-16-5-8-19(28-2)20(10-16)29-3/h4-5,8-10,17-18,27H,6-7,11-14H2,1-3H3. The molecular formula is C22H29N3O4. The molecule has 1 N–H and O–H groups in total. The minimum absolute atomic E-state index is 0.163. The van der Waals surface area contributed by atoms with Crippen LogP contribution in [0.1, 0.15) is 36.9 Å². The lowest BCUT2D eigenvalue weighted by Gasteiger charge is -2.43. The normalized spacial score (nSPS) is 26.5. The van der Waals surface area contributed by atoms with Crippen molar-refractivity contribution in [2.45, 2.75) is 63.4 Å². The van der Waals surface area contributed by atoms with Crippen LogP contribution in [0.2, 0.25) is 0 Å². The van der Waals surface area contributed by atoms with Gasteiger partial charge in [0.1, 0.15) is 0 Å². The smallest absolute Gasteiger partial charge is 0.266 e. The van der Waals surface area contributed by atoms with E-state index in [1.165, 1.54) is 16.3 Å².